The van der Waals surface area contributed by atoms with Crippen molar-refractivity contribution in [1.29, 1.82) is 0 Å². The van der Waals surface area contributed by atoms with E-state index in [1.165, 1.54) is 0 Å². The highest BCUT2D eigenvalue weighted by atomic mass is 17.2. The average molecular weight is 276 g/mol. The molecule has 0 radical (unpaired) electrons. The fourth-order valence-corrected chi connectivity index (χ4v) is 1.58. The van der Waals surface area contributed by atoms with Crippen LogP contribution in [0, 0.1) is 5.41 Å². The second-order valence-corrected chi connectivity index (χ2v) is 6.02. The second-order valence-electron chi connectivity index (χ2n) is 6.02. The van der Waals surface area contributed by atoms with Crippen LogP contribution in [0.3, 0.4) is 0 Å². The van der Waals surface area contributed by atoms with E-state index in [-0.39, 0.29) is 19.0 Å². The third-order valence-electron chi connectivity index (χ3n) is 2.65. The number of hydrogen-bond donors (Lipinski definition) is 2. The van der Waals surface area contributed by atoms with Gasteiger partial charge in [-0.15, -0.1) is 0 Å². The molecule has 0 aliphatic rings. The predicted molar refractivity (Wildman–Crippen MR) is 72.0 cm³/mol. The third-order valence-corrected chi connectivity index (χ3v) is 2.65. The minimum absolute atomic E-state index is 0.188. The van der Waals surface area contributed by atoms with Gasteiger partial charge in [-0.1, -0.05) is 33.6 Å². The van der Waals surface area contributed by atoms with Gasteiger partial charge in [0.1, 0.15) is 0 Å². The molecular weight excluding hydrogens is 248 g/mol. The van der Waals surface area contributed by atoms with E-state index in [2.05, 4.69) is 30.5 Å². The lowest BCUT2D eigenvalue weighted by Gasteiger charge is -2.17. The number of carbonyl (C=O) groups is 1. The van der Waals surface area contributed by atoms with E-state index in [1.807, 2.05) is 0 Å². The Morgan fingerprint density at radius 1 is 1.11 bits per heavy atom. The first-order valence-electron chi connectivity index (χ1n) is 7.00. The smallest absolute Gasteiger partial charge is 0.342 e. The molecule has 0 amide bonds. The Balaban J connectivity index is 3.31. The molecule has 5 heteroatoms. The van der Waals surface area contributed by atoms with E-state index in [0.29, 0.717) is 18.3 Å². The lowest BCUT2D eigenvalue weighted by Crippen LogP contribution is -2.09. The van der Waals surface area contributed by atoms with Gasteiger partial charge >= 0.3 is 5.97 Å². The van der Waals surface area contributed by atoms with Crippen molar-refractivity contribution in [3.05, 3.63) is 0 Å². The summed E-state index contributed by atoms with van der Waals surface area (Å²) in [7, 11) is 0. The summed E-state index contributed by atoms with van der Waals surface area (Å²) < 4.78 is 0. The molecule has 0 aliphatic carbocycles. The molecule has 2 N–H and O–H groups in total. The highest BCUT2D eigenvalue weighted by Crippen LogP contribution is 2.22. The van der Waals surface area contributed by atoms with Gasteiger partial charge in [0.25, 0.3) is 0 Å². The maximum absolute atomic E-state index is 11.3. The summed E-state index contributed by atoms with van der Waals surface area (Å²) in [5.41, 5.74) is 0.348. The van der Waals surface area contributed by atoms with Crippen LogP contribution < -0.4 is 0 Å². The zero-order valence-corrected chi connectivity index (χ0v) is 12.4. The summed E-state index contributed by atoms with van der Waals surface area (Å²) in [5, 5.41) is 17.2. The predicted octanol–water partition coefficient (Wildman–Crippen LogP) is 2.55. The molecule has 19 heavy (non-hydrogen) atoms. The van der Waals surface area contributed by atoms with Crippen molar-refractivity contribution in [3.8, 4) is 0 Å². The number of unbranched alkanes of at least 4 members (excludes halogenated alkanes) is 2. The van der Waals surface area contributed by atoms with Gasteiger partial charge in [0, 0.05) is 12.8 Å². The van der Waals surface area contributed by atoms with Gasteiger partial charge < -0.3 is 10.2 Å². The summed E-state index contributed by atoms with van der Waals surface area (Å²) in [5.74, 6) is -0.361. The normalized spacial score (nSPS) is 11.9. The van der Waals surface area contributed by atoms with Crippen LogP contribution in [0.4, 0.5) is 0 Å². The molecule has 0 saturated carbocycles. The molecular formula is C14H28O5. The van der Waals surface area contributed by atoms with E-state index in [9.17, 15) is 4.79 Å². The Morgan fingerprint density at radius 2 is 1.79 bits per heavy atom. The largest absolute Gasteiger partial charge is 0.368 e. The summed E-state index contributed by atoms with van der Waals surface area (Å²) in [6.45, 7) is 6.81. The van der Waals surface area contributed by atoms with Crippen LogP contribution >= 0.6 is 0 Å². The van der Waals surface area contributed by atoms with Crippen molar-refractivity contribution in [2.75, 3.05) is 6.61 Å². The zero-order chi connectivity index (χ0) is 14.7. The Hall–Kier alpha value is -0.650. The van der Waals surface area contributed by atoms with Crippen LogP contribution in [0.2, 0.25) is 0 Å². The minimum Gasteiger partial charge on any atom is -0.368 e. The first-order chi connectivity index (χ1) is 8.81. The maximum atomic E-state index is 11.3. The molecule has 0 rings (SSSR count). The fraction of sp³-hybridized carbons (Fsp3) is 0.929. The topological polar surface area (TPSA) is 76.0 Å². The van der Waals surface area contributed by atoms with Crippen molar-refractivity contribution < 1.29 is 24.8 Å². The molecule has 0 bridgehead atoms. The van der Waals surface area contributed by atoms with Gasteiger partial charge in [0.15, 0.2) is 6.29 Å². The molecule has 114 valence electrons. The van der Waals surface area contributed by atoms with Crippen molar-refractivity contribution in [3.63, 3.8) is 0 Å². The lowest BCUT2D eigenvalue weighted by atomic mass is 9.89. The monoisotopic (exact) mass is 276 g/mol. The van der Waals surface area contributed by atoms with Crippen LogP contribution in [-0.4, -0.2) is 29.1 Å². The molecule has 0 unspecified atom stereocenters. The van der Waals surface area contributed by atoms with E-state index in [0.717, 1.165) is 25.7 Å². The summed E-state index contributed by atoms with van der Waals surface area (Å²) in [4.78, 5) is 20.5. The van der Waals surface area contributed by atoms with E-state index >= 15 is 0 Å². The summed E-state index contributed by atoms with van der Waals surface area (Å²) in [6, 6.07) is 0. The van der Waals surface area contributed by atoms with Crippen LogP contribution in [0.1, 0.15) is 65.7 Å². The Labute approximate surface area is 115 Å². The van der Waals surface area contributed by atoms with Gasteiger partial charge in [-0.05, 0) is 24.7 Å². The molecule has 0 aromatic carbocycles. The second kappa shape index (κ2) is 10.2. The number of carbonyl (C=O) groups excluding carboxylic acids is 1. The Kier molecular flexibility index (Phi) is 9.83. The molecule has 0 spiro atoms. The van der Waals surface area contributed by atoms with Gasteiger partial charge in [-0.3, -0.25) is 4.89 Å². The first-order valence-corrected chi connectivity index (χ1v) is 7.00. The van der Waals surface area contributed by atoms with E-state index < -0.39 is 6.29 Å². The van der Waals surface area contributed by atoms with Crippen LogP contribution in [0.15, 0.2) is 0 Å². The molecule has 0 aliphatic heterocycles. The lowest BCUT2D eigenvalue weighted by molar-refractivity contribution is -0.273. The number of aliphatic hydroxyl groups excluding tert-OH is 1. The Morgan fingerprint density at radius 3 is 2.37 bits per heavy atom. The maximum Gasteiger partial charge on any atom is 0.342 e. The molecule has 5 nitrogen and oxygen atoms in total. The van der Waals surface area contributed by atoms with Crippen molar-refractivity contribution in [2.24, 2.45) is 5.41 Å². The summed E-state index contributed by atoms with van der Waals surface area (Å²) >= 11 is 0. The fourth-order valence-electron chi connectivity index (χ4n) is 1.58. The van der Waals surface area contributed by atoms with Gasteiger partial charge in [-0.2, -0.15) is 4.89 Å². The standard InChI is InChI=1S/C14H28O5/c1-14(2,3)10-6-4-5-9-13(17)19-18-11-7-8-12(15)16/h12,15-16H,4-11H2,1-3H3. The molecule has 0 heterocycles. The van der Waals surface area contributed by atoms with E-state index in [4.69, 9.17) is 10.2 Å². The number of hydrogen-bond acceptors (Lipinski definition) is 5. The molecule has 0 aromatic heterocycles. The van der Waals surface area contributed by atoms with Crippen molar-refractivity contribution in [1.82, 2.24) is 0 Å². The summed E-state index contributed by atoms with van der Waals surface area (Å²) in [6.07, 6.45) is 3.79. The SMILES string of the molecule is CC(C)(C)CCCCCC(=O)OOCCCC(O)O. The average Bonchev–Trinajstić information content (AvgIpc) is 2.26. The minimum atomic E-state index is -1.33. The van der Waals surface area contributed by atoms with Gasteiger partial charge in [-0.25, -0.2) is 4.79 Å². The highest BCUT2D eigenvalue weighted by Gasteiger charge is 2.10. The van der Waals surface area contributed by atoms with Gasteiger partial charge in [0.2, 0.25) is 0 Å². The van der Waals surface area contributed by atoms with Crippen LogP contribution in [0.5, 0.6) is 0 Å². The number of rotatable bonds is 10. The Bertz CT molecular complexity index is 232. The van der Waals surface area contributed by atoms with Crippen molar-refractivity contribution in [2.45, 2.75) is 72.0 Å². The van der Waals surface area contributed by atoms with Crippen LogP contribution in [-0.2, 0) is 14.6 Å². The quantitative estimate of drug-likeness (QED) is 0.277. The van der Waals surface area contributed by atoms with Crippen LogP contribution in [0.25, 0.3) is 0 Å². The molecule has 0 atom stereocenters. The molecule has 0 saturated heterocycles. The zero-order valence-electron chi connectivity index (χ0n) is 12.4. The highest BCUT2D eigenvalue weighted by molar-refractivity contribution is 5.68. The van der Waals surface area contributed by atoms with Gasteiger partial charge in [0.05, 0.1) is 6.61 Å². The first kappa shape index (κ1) is 18.4. The third kappa shape index (κ3) is 15.3. The number of aliphatic hydroxyl groups is 2. The van der Waals surface area contributed by atoms with Crippen molar-refractivity contribution >= 4 is 5.97 Å². The van der Waals surface area contributed by atoms with E-state index in [1.54, 1.807) is 0 Å². The molecule has 0 fully saturated rings. The molecule has 0 aromatic rings.